The van der Waals surface area contributed by atoms with Crippen molar-refractivity contribution in [3.63, 3.8) is 0 Å². The lowest BCUT2D eigenvalue weighted by Crippen LogP contribution is -2.21. The van der Waals surface area contributed by atoms with Crippen LogP contribution < -0.4 is 0 Å². The first kappa shape index (κ1) is 16.6. The number of nitrogens with zero attached hydrogens (tertiary/aromatic N) is 2. The smallest absolute Gasteiger partial charge is 0.267 e. The highest BCUT2D eigenvalue weighted by Gasteiger charge is 2.28. The van der Waals surface area contributed by atoms with Gasteiger partial charge in [0, 0.05) is 5.02 Å². The van der Waals surface area contributed by atoms with E-state index in [4.69, 9.17) is 11.6 Å². The van der Waals surface area contributed by atoms with Crippen LogP contribution >= 0.6 is 11.6 Å². The van der Waals surface area contributed by atoms with Gasteiger partial charge in [0.15, 0.2) is 0 Å². The molecule has 1 amide bonds. The Kier molecular flexibility index (Phi) is 4.31. The molecular weight excluding hydrogens is 344 g/mol. The molecule has 4 rings (SSSR count). The van der Waals surface area contributed by atoms with Crippen molar-refractivity contribution < 1.29 is 4.79 Å². The zero-order valence-corrected chi connectivity index (χ0v) is 15.1. The topological polar surface area (TPSA) is 32.7 Å². The van der Waals surface area contributed by atoms with Gasteiger partial charge in [-0.05, 0) is 41.0 Å². The van der Waals surface area contributed by atoms with Crippen molar-refractivity contribution in [1.29, 1.82) is 0 Å². The first-order chi connectivity index (χ1) is 12.6. The van der Waals surface area contributed by atoms with Crippen LogP contribution in [0.2, 0.25) is 5.02 Å². The molecular formula is C22H17ClN2O. The number of hydrogen-bond acceptors (Lipinski definition) is 2. The normalized spacial score (nSPS) is 15.8. The molecule has 0 radical (unpaired) electrons. The van der Waals surface area contributed by atoms with Gasteiger partial charge >= 0.3 is 0 Å². The summed E-state index contributed by atoms with van der Waals surface area (Å²) in [7, 11) is 0. The Hall–Kier alpha value is -2.91. The van der Waals surface area contributed by atoms with E-state index in [0.717, 1.165) is 27.6 Å². The second-order valence-electron chi connectivity index (χ2n) is 6.27. The van der Waals surface area contributed by atoms with Crippen LogP contribution in [0.3, 0.4) is 0 Å². The first-order valence-corrected chi connectivity index (χ1v) is 8.81. The van der Waals surface area contributed by atoms with Gasteiger partial charge < -0.3 is 0 Å². The average molecular weight is 361 g/mol. The predicted octanol–water partition coefficient (Wildman–Crippen LogP) is 5.29. The lowest BCUT2D eigenvalue weighted by Gasteiger charge is -2.13. The minimum absolute atomic E-state index is 0.102. The van der Waals surface area contributed by atoms with E-state index >= 15 is 0 Å². The van der Waals surface area contributed by atoms with E-state index < -0.39 is 0 Å². The molecule has 0 unspecified atom stereocenters. The third kappa shape index (κ3) is 3.02. The molecule has 4 heteroatoms. The van der Waals surface area contributed by atoms with E-state index in [2.05, 4.69) is 23.3 Å². The second kappa shape index (κ2) is 6.77. The number of hydrazone groups is 1. The van der Waals surface area contributed by atoms with Gasteiger partial charge in [-0.2, -0.15) is 5.10 Å². The molecule has 0 aliphatic carbocycles. The molecule has 0 fully saturated rings. The molecule has 0 N–H and O–H groups in total. The van der Waals surface area contributed by atoms with Crippen LogP contribution in [0, 0.1) is 0 Å². The molecule has 128 valence electrons. The van der Waals surface area contributed by atoms with Crippen molar-refractivity contribution in [1.82, 2.24) is 5.01 Å². The van der Waals surface area contributed by atoms with Crippen LogP contribution in [0.25, 0.3) is 16.8 Å². The maximum Gasteiger partial charge on any atom is 0.276 e. The molecule has 3 aromatic rings. The summed E-state index contributed by atoms with van der Waals surface area (Å²) in [5.41, 5.74) is 3.23. The van der Waals surface area contributed by atoms with Crippen LogP contribution in [0.5, 0.6) is 0 Å². The van der Waals surface area contributed by atoms with Crippen LogP contribution in [0.4, 0.5) is 0 Å². The SMILES string of the molecule is CC1=NN(Cc2ccccc2Cl)C(=O)/C1=C\c1cccc2ccccc12. The Labute approximate surface area is 157 Å². The summed E-state index contributed by atoms with van der Waals surface area (Å²) in [5.74, 6) is -0.102. The van der Waals surface area contributed by atoms with E-state index in [1.165, 1.54) is 5.01 Å². The Bertz CT molecular complexity index is 1060. The van der Waals surface area contributed by atoms with Gasteiger partial charge in [0.1, 0.15) is 0 Å². The second-order valence-corrected chi connectivity index (χ2v) is 6.67. The lowest BCUT2D eigenvalue weighted by molar-refractivity contribution is -0.126. The summed E-state index contributed by atoms with van der Waals surface area (Å²) < 4.78 is 0. The van der Waals surface area contributed by atoms with Gasteiger partial charge in [-0.25, -0.2) is 5.01 Å². The number of rotatable bonds is 3. The van der Waals surface area contributed by atoms with Crippen molar-refractivity contribution in [2.45, 2.75) is 13.5 Å². The highest BCUT2D eigenvalue weighted by atomic mass is 35.5. The van der Waals surface area contributed by atoms with E-state index in [1.54, 1.807) is 0 Å². The molecule has 0 saturated carbocycles. The molecule has 26 heavy (non-hydrogen) atoms. The molecule has 3 nitrogen and oxygen atoms in total. The quantitative estimate of drug-likeness (QED) is 0.584. The maximum atomic E-state index is 12.9. The largest absolute Gasteiger partial charge is 0.276 e. The average Bonchev–Trinajstić information content (AvgIpc) is 2.91. The monoisotopic (exact) mass is 360 g/mol. The van der Waals surface area contributed by atoms with Gasteiger partial charge in [-0.3, -0.25) is 4.79 Å². The molecule has 3 aromatic carbocycles. The summed E-state index contributed by atoms with van der Waals surface area (Å²) in [6.07, 6.45) is 1.93. The molecule has 0 atom stereocenters. The van der Waals surface area contributed by atoms with Crippen LogP contribution in [-0.2, 0) is 11.3 Å². The number of hydrogen-bond donors (Lipinski definition) is 0. The Morgan fingerprint density at radius 2 is 1.73 bits per heavy atom. The van der Waals surface area contributed by atoms with E-state index in [-0.39, 0.29) is 5.91 Å². The number of benzene rings is 3. The molecule has 1 aliphatic heterocycles. The Balaban J connectivity index is 1.68. The van der Waals surface area contributed by atoms with E-state index in [9.17, 15) is 4.79 Å². The van der Waals surface area contributed by atoms with Crippen LogP contribution in [0.15, 0.2) is 77.4 Å². The third-order valence-electron chi connectivity index (χ3n) is 4.53. The summed E-state index contributed by atoms with van der Waals surface area (Å²) in [5, 5.41) is 8.82. The molecule has 0 bridgehead atoms. The lowest BCUT2D eigenvalue weighted by atomic mass is 10.0. The zero-order chi connectivity index (χ0) is 18.1. The Morgan fingerprint density at radius 1 is 1.00 bits per heavy atom. The van der Waals surface area contributed by atoms with Gasteiger partial charge in [-0.1, -0.05) is 72.3 Å². The summed E-state index contributed by atoms with van der Waals surface area (Å²) in [4.78, 5) is 12.9. The van der Waals surface area contributed by atoms with Crippen molar-refractivity contribution in [2.24, 2.45) is 5.10 Å². The number of halogens is 1. The Morgan fingerprint density at radius 3 is 2.58 bits per heavy atom. The number of carbonyl (C=O) groups is 1. The summed E-state index contributed by atoms with van der Waals surface area (Å²) in [6.45, 7) is 2.23. The minimum Gasteiger partial charge on any atom is -0.267 e. The number of amides is 1. The molecule has 0 saturated heterocycles. The molecule has 1 heterocycles. The standard InChI is InChI=1S/C22H17ClN2O/c1-15-20(13-17-10-6-9-16-7-2-4-11-19(16)17)22(26)25(24-15)14-18-8-3-5-12-21(18)23/h2-13H,14H2,1H3/b20-13-. The fourth-order valence-electron chi connectivity index (χ4n) is 3.17. The minimum atomic E-state index is -0.102. The highest BCUT2D eigenvalue weighted by Crippen LogP contribution is 2.26. The molecule has 0 spiro atoms. The van der Waals surface area contributed by atoms with Crippen molar-refractivity contribution >= 4 is 40.1 Å². The third-order valence-corrected chi connectivity index (χ3v) is 4.90. The fourth-order valence-corrected chi connectivity index (χ4v) is 3.36. The zero-order valence-electron chi connectivity index (χ0n) is 14.3. The van der Waals surface area contributed by atoms with Crippen LogP contribution in [0.1, 0.15) is 18.1 Å². The number of carbonyl (C=O) groups excluding carboxylic acids is 1. The highest BCUT2D eigenvalue weighted by molar-refractivity contribution is 6.31. The predicted molar refractivity (Wildman–Crippen MR) is 107 cm³/mol. The van der Waals surface area contributed by atoms with Crippen molar-refractivity contribution in [3.8, 4) is 0 Å². The van der Waals surface area contributed by atoms with Gasteiger partial charge in [0.2, 0.25) is 0 Å². The van der Waals surface area contributed by atoms with Gasteiger partial charge in [-0.15, -0.1) is 0 Å². The number of fused-ring (bicyclic) bond motifs is 1. The summed E-state index contributed by atoms with van der Waals surface area (Å²) >= 11 is 6.22. The van der Waals surface area contributed by atoms with E-state index in [1.807, 2.05) is 61.5 Å². The fraction of sp³-hybridized carbons (Fsp3) is 0.0909. The van der Waals surface area contributed by atoms with Gasteiger partial charge in [0.05, 0.1) is 17.8 Å². The molecule has 0 aromatic heterocycles. The van der Waals surface area contributed by atoms with Crippen LogP contribution in [-0.4, -0.2) is 16.6 Å². The summed E-state index contributed by atoms with van der Waals surface area (Å²) in [6, 6.07) is 21.8. The molecule has 1 aliphatic rings. The maximum absolute atomic E-state index is 12.9. The van der Waals surface area contributed by atoms with E-state index in [0.29, 0.717) is 17.1 Å². The van der Waals surface area contributed by atoms with Crippen molar-refractivity contribution in [3.05, 3.63) is 88.5 Å². The first-order valence-electron chi connectivity index (χ1n) is 8.44. The van der Waals surface area contributed by atoms with Crippen molar-refractivity contribution in [2.75, 3.05) is 0 Å². The van der Waals surface area contributed by atoms with Gasteiger partial charge in [0.25, 0.3) is 5.91 Å².